The maximum absolute atomic E-state index is 11.5. The van der Waals surface area contributed by atoms with E-state index in [0.717, 1.165) is 25.7 Å². The summed E-state index contributed by atoms with van der Waals surface area (Å²) in [5, 5.41) is 4.00. The van der Waals surface area contributed by atoms with Gasteiger partial charge in [-0.1, -0.05) is 24.9 Å². The van der Waals surface area contributed by atoms with Gasteiger partial charge in [0.2, 0.25) is 5.89 Å². The molecular weight excluding hydrogens is 258 g/mol. The van der Waals surface area contributed by atoms with Crippen molar-refractivity contribution in [2.75, 3.05) is 13.7 Å². The molecule has 6 nitrogen and oxygen atoms in total. The summed E-state index contributed by atoms with van der Waals surface area (Å²) >= 11 is 0. The van der Waals surface area contributed by atoms with Gasteiger partial charge in [-0.2, -0.15) is 4.98 Å². The summed E-state index contributed by atoms with van der Waals surface area (Å²) in [5.41, 5.74) is 0. The van der Waals surface area contributed by atoms with Gasteiger partial charge in [-0.25, -0.2) is 0 Å². The average molecular weight is 281 g/mol. The van der Waals surface area contributed by atoms with Crippen molar-refractivity contribution in [3.8, 4) is 0 Å². The third kappa shape index (κ3) is 4.03. The molecule has 20 heavy (non-hydrogen) atoms. The van der Waals surface area contributed by atoms with Crippen molar-refractivity contribution >= 4 is 5.97 Å². The Kier molecular flexibility index (Phi) is 5.52. The predicted octanol–water partition coefficient (Wildman–Crippen LogP) is 1.94. The summed E-state index contributed by atoms with van der Waals surface area (Å²) in [6, 6.07) is 0.419. The lowest BCUT2D eigenvalue weighted by Crippen LogP contribution is -2.37. The molecule has 0 spiro atoms. The molecule has 1 saturated carbocycles. The van der Waals surface area contributed by atoms with E-state index in [9.17, 15) is 4.79 Å². The van der Waals surface area contributed by atoms with Gasteiger partial charge in [0.1, 0.15) is 0 Å². The summed E-state index contributed by atoms with van der Waals surface area (Å²) in [6.45, 7) is 2.91. The first-order valence-corrected chi connectivity index (χ1v) is 7.35. The summed E-state index contributed by atoms with van der Waals surface area (Å²) in [7, 11) is 1.42. The number of ether oxygens (including phenoxy) is 1. The number of methoxy groups -OCH3 is 1. The number of hydrogen-bond acceptors (Lipinski definition) is 6. The Morgan fingerprint density at radius 3 is 2.85 bits per heavy atom. The monoisotopic (exact) mass is 281 g/mol. The third-order valence-electron chi connectivity index (χ3n) is 3.72. The van der Waals surface area contributed by atoms with Gasteiger partial charge in [0.25, 0.3) is 0 Å². The number of hydrogen-bond donors (Lipinski definition) is 0. The molecule has 1 aliphatic carbocycles. The molecule has 0 atom stereocenters. The molecule has 0 aliphatic heterocycles. The molecule has 6 heteroatoms. The second kappa shape index (κ2) is 7.38. The van der Waals surface area contributed by atoms with Gasteiger partial charge in [0.05, 0.1) is 20.2 Å². The summed E-state index contributed by atoms with van der Waals surface area (Å²) in [6.07, 6.45) is 6.46. The molecule has 0 unspecified atom stereocenters. The van der Waals surface area contributed by atoms with Gasteiger partial charge in [-0.05, 0) is 19.3 Å². The van der Waals surface area contributed by atoms with E-state index >= 15 is 0 Å². The number of aryl methyl sites for hydroxylation is 1. The van der Waals surface area contributed by atoms with Crippen LogP contribution in [0.15, 0.2) is 4.52 Å². The van der Waals surface area contributed by atoms with E-state index in [0.29, 0.717) is 30.8 Å². The summed E-state index contributed by atoms with van der Waals surface area (Å²) < 4.78 is 9.97. The zero-order valence-corrected chi connectivity index (χ0v) is 12.3. The Hall–Kier alpha value is -1.43. The number of esters is 1. The van der Waals surface area contributed by atoms with E-state index in [1.807, 2.05) is 0 Å². The molecular formula is C14H23N3O3. The molecule has 0 aromatic carbocycles. The van der Waals surface area contributed by atoms with Crippen molar-refractivity contribution in [2.45, 2.75) is 58.0 Å². The molecule has 0 amide bonds. The molecule has 1 aliphatic rings. The van der Waals surface area contributed by atoms with Crippen molar-refractivity contribution in [2.24, 2.45) is 0 Å². The fourth-order valence-electron chi connectivity index (χ4n) is 2.67. The molecule has 0 saturated heterocycles. The summed E-state index contributed by atoms with van der Waals surface area (Å²) in [5.74, 6) is 1.12. The highest BCUT2D eigenvalue weighted by atomic mass is 16.5. The van der Waals surface area contributed by atoms with Crippen LogP contribution >= 0.6 is 0 Å². The van der Waals surface area contributed by atoms with Crippen LogP contribution in [-0.4, -0.2) is 40.7 Å². The fourth-order valence-corrected chi connectivity index (χ4v) is 2.67. The van der Waals surface area contributed by atoms with Gasteiger partial charge >= 0.3 is 5.97 Å². The third-order valence-corrected chi connectivity index (χ3v) is 3.72. The van der Waals surface area contributed by atoms with E-state index in [2.05, 4.69) is 22.0 Å². The Bertz CT molecular complexity index is 427. The molecule has 112 valence electrons. The maximum Gasteiger partial charge on any atom is 0.319 e. The number of carbonyl (C=O) groups excluding carboxylic acids is 1. The quantitative estimate of drug-likeness (QED) is 0.711. The number of rotatable bonds is 7. The Morgan fingerprint density at radius 1 is 1.45 bits per heavy atom. The molecule has 2 rings (SSSR count). The lowest BCUT2D eigenvalue weighted by Gasteiger charge is -2.26. The van der Waals surface area contributed by atoms with Crippen molar-refractivity contribution in [3.63, 3.8) is 0 Å². The van der Waals surface area contributed by atoms with E-state index in [1.54, 1.807) is 0 Å². The van der Waals surface area contributed by atoms with Crippen LogP contribution in [0, 0.1) is 0 Å². The van der Waals surface area contributed by atoms with Crippen LogP contribution in [-0.2, 0) is 22.5 Å². The zero-order valence-electron chi connectivity index (χ0n) is 12.3. The van der Waals surface area contributed by atoms with Crippen LogP contribution in [0.5, 0.6) is 0 Å². The van der Waals surface area contributed by atoms with Gasteiger partial charge < -0.3 is 9.26 Å². The first-order chi connectivity index (χ1) is 9.72. The first kappa shape index (κ1) is 15.0. The normalized spacial score (nSPS) is 15.9. The molecule has 1 aromatic heterocycles. The second-order valence-electron chi connectivity index (χ2n) is 5.27. The number of aromatic nitrogens is 2. The van der Waals surface area contributed by atoms with Crippen LogP contribution < -0.4 is 0 Å². The highest BCUT2D eigenvalue weighted by molar-refractivity contribution is 5.71. The molecule has 0 N–H and O–H groups in total. The standard InChI is InChI=1S/C14H23N3O3/c1-3-6-13-15-12(16-20-13)9-17(10-14(18)19-2)11-7-4-5-8-11/h11H,3-10H2,1-2H3. The Balaban J connectivity index is 1.99. The van der Waals surface area contributed by atoms with Crippen molar-refractivity contribution in [1.82, 2.24) is 15.0 Å². The summed E-state index contributed by atoms with van der Waals surface area (Å²) in [4.78, 5) is 18.0. The lowest BCUT2D eigenvalue weighted by molar-refractivity contribution is -0.142. The largest absolute Gasteiger partial charge is 0.468 e. The molecule has 1 fully saturated rings. The van der Waals surface area contributed by atoms with Crippen LogP contribution in [0.1, 0.15) is 50.7 Å². The topological polar surface area (TPSA) is 68.5 Å². The fraction of sp³-hybridized carbons (Fsp3) is 0.786. The van der Waals surface area contributed by atoms with Crippen LogP contribution in [0.3, 0.4) is 0 Å². The van der Waals surface area contributed by atoms with Crippen LogP contribution in [0.4, 0.5) is 0 Å². The Labute approximate surface area is 119 Å². The Morgan fingerprint density at radius 2 is 2.20 bits per heavy atom. The highest BCUT2D eigenvalue weighted by Crippen LogP contribution is 2.24. The van der Waals surface area contributed by atoms with Gasteiger partial charge in [-0.3, -0.25) is 9.69 Å². The van der Waals surface area contributed by atoms with E-state index < -0.39 is 0 Å². The smallest absolute Gasteiger partial charge is 0.319 e. The van der Waals surface area contributed by atoms with Crippen molar-refractivity contribution in [1.29, 1.82) is 0 Å². The van der Waals surface area contributed by atoms with Gasteiger partial charge in [0, 0.05) is 12.5 Å². The zero-order chi connectivity index (χ0) is 14.4. The number of nitrogens with zero attached hydrogens (tertiary/aromatic N) is 3. The van der Waals surface area contributed by atoms with Gasteiger partial charge in [-0.15, -0.1) is 0 Å². The number of carbonyl (C=O) groups is 1. The molecule has 0 bridgehead atoms. The minimum Gasteiger partial charge on any atom is -0.468 e. The predicted molar refractivity (Wildman–Crippen MR) is 73.0 cm³/mol. The van der Waals surface area contributed by atoms with E-state index in [1.165, 1.54) is 20.0 Å². The molecule has 1 heterocycles. The molecule has 1 aromatic rings. The minimum atomic E-state index is -0.214. The van der Waals surface area contributed by atoms with Crippen molar-refractivity contribution < 1.29 is 14.1 Å². The van der Waals surface area contributed by atoms with Crippen molar-refractivity contribution in [3.05, 3.63) is 11.7 Å². The minimum absolute atomic E-state index is 0.214. The van der Waals surface area contributed by atoms with E-state index in [-0.39, 0.29) is 5.97 Å². The molecule has 0 radical (unpaired) electrons. The SMILES string of the molecule is CCCc1nc(CN(CC(=O)OC)C2CCCC2)no1. The first-order valence-electron chi connectivity index (χ1n) is 7.35. The van der Waals surface area contributed by atoms with Crippen LogP contribution in [0.25, 0.3) is 0 Å². The maximum atomic E-state index is 11.5. The highest BCUT2D eigenvalue weighted by Gasteiger charge is 2.26. The van der Waals surface area contributed by atoms with Crippen LogP contribution in [0.2, 0.25) is 0 Å². The second-order valence-corrected chi connectivity index (χ2v) is 5.27. The van der Waals surface area contributed by atoms with E-state index in [4.69, 9.17) is 9.26 Å². The average Bonchev–Trinajstić information content (AvgIpc) is 3.09. The van der Waals surface area contributed by atoms with Gasteiger partial charge in [0.15, 0.2) is 5.82 Å². The lowest BCUT2D eigenvalue weighted by atomic mass is 10.2.